The number of halogens is 2. The molecule has 2 N–H and O–H groups in total. The first-order chi connectivity index (χ1) is 8.69. The third kappa shape index (κ3) is 3.27. The average molecular weight is 311 g/mol. The lowest BCUT2D eigenvalue weighted by Crippen LogP contribution is -2.05. The van der Waals surface area contributed by atoms with E-state index in [0.717, 1.165) is 15.6 Å². The molecule has 0 bridgehead atoms. The van der Waals surface area contributed by atoms with Crippen molar-refractivity contribution in [2.75, 3.05) is 0 Å². The minimum atomic E-state index is -0.293. The summed E-state index contributed by atoms with van der Waals surface area (Å²) in [6.45, 7) is 0.623. The van der Waals surface area contributed by atoms with Crippen molar-refractivity contribution in [2.45, 2.75) is 13.2 Å². The predicted octanol–water partition coefficient (Wildman–Crippen LogP) is 3.02. The topological polar surface area (TPSA) is 48.1 Å². The third-order valence-electron chi connectivity index (χ3n) is 2.46. The van der Waals surface area contributed by atoms with Gasteiger partial charge in [0.15, 0.2) is 0 Å². The van der Waals surface area contributed by atoms with Gasteiger partial charge in [-0.2, -0.15) is 0 Å². The van der Waals surface area contributed by atoms with E-state index in [9.17, 15) is 4.39 Å². The molecule has 0 fully saturated rings. The van der Waals surface area contributed by atoms with Crippen LogP contribution in [0.25, 0.3) is 0 Å². The van der Waals surface area contributed by atoms with Crippen LogP contribution in [0.15, 0.2) is 41.1 Å². The molecule has 0 spiro atoms. The van der Waals surface area contributed by atoms with Crippen molar-refractivity contribution in [2.24, 2.45) is 5.73 Å². The Bertz CT molecular complexity index is 548. The SMILES string of the molecule is NCc1ccc(F)cc1COc1cncc(Br)c1. The van der Waals surface area contributed by atoms with Gasteiger partial charge in [-0.1, -0.05) is 6.07 Å². The molecule has 0 radical (unpaired) electrons. The Balaban J connectivity index is 2.12. The van der Waals surface area contributed by atoms with Crippen molar-refractivity contribution in [3.05, 3.63) is 58.1 Å². The van der Waals surface area contributed by atoms with Gasteiger partial charge < -0.3 is 10.5 Å². The fraction of sp³-hybridized carbons (Fsp3) is 0.154. The minimum Gasteiger partial charge on any atom is -0.487 e. The predicted molar refractivity (Wildman–Crippen MR) is 70.6 cm³/mol. The zero-order valence-electron chi connectivity index (χ0n) is 9.57. The standard InChI is InChI=1S/C13H12BrFN2O/c14-11-4-13(7-17-6-11)18-8-10-3-12(15)2-1-9(10)5-16/h1-4,6-7H,5,8,16H2. The van der Waals surface area contributed by atoms with Crippen molar-refractivity contribution in [3.63, 3.8) is 0 Å². The maximum atomic E-state index is 13.2. The highest BCUT2D eigenvalue weighted by molar-refractivity contribution is 9.10. The smallest absolute Gasteiger partial charge is 0.139 e. The Morgan fingerprint density at radius 2 is 2.06 bits per heavy atom. The van der Waals surface area contributed by atoms with Crippen molar-refractivity contribution in [1.82, 2.24) is 4.98 Å². The Morgan fingerprint density at radius 3 is 2.78 bits per heavy atom. The van der Waals surface area contributed by atoms with Crippen LogP contribution in [0, 0.1) is 5.82 Å². The summed E-state index contributed by atoms with van der Waals surface area (Å²) in [7, 11) is 0. The lowest BCUT2D eigenvalue weighted by molar-refractivity contribution is 0.303. The quantitative estimate of drug-likeness (QED) is 0.944. The Hall–Kier alpha value is -1.46. The van der Waals surface area contributed by atoms with Crippen LogP contribution in [-0.4, -0.2) is 4.98 Å². The molecule has 1 aromatic carbocycles. The second kappa shape index (κ2) is 5.93. The lowest BCUT2D eigenvalue weighted by atomic mass is 10.1. The van der Waals surface area contributed by atoms with Gasteiger partial charge in [0.05, 0.1) is 6.20 Å². The van der Waals surface area contributed by atoms with Crippen LogP contribution in [0.2, 0.25) is 0 Å². The van der Waals surface area contributed by atoms with E-state index in [1.54, 1.807) is 24.5 Å². The summed E-state index contributed by atoms with van der Waals surface area (Å²) in [5.41, 5.74) is 7.22. The zero-order valence-corrected chi connectivity index (χ0v) is 11.2. The Kier molecular flexibility index (Phi) is 4.28. The van der Waals surface area contributed by atoms with Crippen LogP contribution in [0.5, 0.6) is 5.75 Å². The van der Waals surface area contributed by atoms with E-state index in [1.807, 2.05) is 0 Å². The van der Waals surface area contributed by atoms with Gasteiger partial charge in [0, 0.05) is 17.2 Å². The molecule has 5 heteroatoms. The van der Waals surface area contributed by atoms with Gasteiger partial charge in [-0.25, -0.2) is 4.39 Å². The molecule has 1 aromatic heterocycles. The molecular formula is C13H12BrFN2O. The van der Waals surface area contributed by atoms with Crippen LogP contribution >= 0.6 is 15.9 Å². The van der Waals surface area contributed by atoms with Gasteiger partial charge in [0.25, 0.3) is 0 Å². The summed E-state index contributed by atoms with van der Waals surface area (Å²) in [5, 5.41) is 0. The fourth-order valence-corrected chi connectivity index (χ4v) is 1.90. The molecule has 0 saturated carbocycles. The van der Waals surface area contributed by atoms with E-state index in [1.165, 1.54) is 12.1 Å². The highest BCUT2D eigenvalue weighted by Gasteiger charge is 2.04. The second-order valence-corrected chi connectivity index (χ2v) is 4.66. The number of nitrogens with two attached hydrogens (primary N) is 1. The van der Waals surface area contributed by atoms with E-state index >= 15 is 0 Å². The van der Waals surface area contributed by atoms with E-state index in [4.69, 9.17) is 10.5 Å². The van der Waals surface area contributed by atoms with Gasteiger partial charge >= 0.3 is 0 Å². The summed E-state index contributed by atoms with van der Waals surface area (Å²) in [6, 6.07) is 6.31. The maximum Gasteiger partial charge on any atom is 0.139 e. The van der Waals surface area contributed by atoms with Crippen molar-refractivity contribution in [1.29, 1.82) is 0 Å². The number of ether oxygens (including phenoxy) is 1. The number of pyridine rings is 1. The highest BCUT2D eigenvalue weighted by Crippen LogP contribution is 2.18. The number of hydrogen-bond donors (Lipinski definition) is 1. The number of aromatic nitrogens is 1. The molecule has 3 nitrogen and oxygen atoms in total. The monoisotopic (exact) mass is 310 g/mol. The minimum absolute atomic E-state index is 0.266. The van der Waals surface area contributed by atoms with Gasteiger partial charge in [-0.3, -0.25) is 4.98 Å². The molecule has 94 valence electrons. The van der Waals surface area contributed by atoms with Crippen LogP contribution in [0.4, 0.5) is 4.39 Å². The number of benzene rings is 1. The van der Waals surface area contributed by atoms with Crippen molar-refractivity contribution < 1.29 is 9.13 Å². The molecule has 18 heavy (non-hydrogen) atoms. The first-order valence-corrected chi connectivity index (χ1v) is 6.19. The maximum absolute atomic E-state index is 13.2. The van der Waals surface area contributed by atoms with Crippen molar-refractivity contribution >= 4 is 15.9 Å². The van der Waals surface area contributed by atoms with Gasteiger partial charge in [-0.15, -0.1) is 0 Å². The number of nitrogens with zero attached hydrogens (tertiary/aromatic N) is 1. The van der Waals surface area contributed by atoms with Crippen LogP contribution in [-0.2, 0) is 13.2 Å². The number of hydrogen-bond acceptors (Lipinski definition) is 3. The van der Waals surface area contributed by atoms with Crippen LogP contribution in [0.3, 0.4) is 0 Å². The molecule has 0 amide bonds. The number of rotatable bonds is 4. The van der Waals surface area contributed by atoms with E-state index < -0.39 is 0 Å². The Labute approximate surface area is 113 Å². The molecular weight excluding hydrogens is 299 g/mol. The third-order valence-corrected chi connectivity index (χ3v) is 2.90. The van der Waals surface area contributed by atoms with Gasteiger partial charge in [0.1, 0.15) is 18.2 Å². The molecule has 0 atom stereocenters. The fourth-order valence-electron chi connectivity index (χ4n) is 1.56. The summed E-state index contributed by atoms with van der Waals surface area (Å²) >= 11 is 3.31. The lowest BCUT2D eigenvalue weighted by Gasteiger charge is -2.10. The average Bonchev–Trinajstić information content (AvgIpc) is 2.37. The molecule has 0 aliphatic carbocycles. The highest BCUT2D eigenvalue weighted by atomic mass is 79.9. The summed E-state index contributed by atoms with van der Waals surface area (Å²) < 4.78 is 19.5. The van der Waals surface area contributed by atoms with Gasteiger partial charge in [0.2, 0.25) is 0 Å². The van der Waals surface area contributed by atoms with Crippen LogP contribution in [0.1, 0.15) is 11.1 Å². The van der Waals surface area contributed by atoms with E-state index in [2.05, 4.69) is 20.9 Å². The molecule has 2 aromatic rings. The largest absolute Gasteiger partial charge is 0.487 e. The summed E-state index contributed by atoms with van der Waals surface area (Å²) in [6.07, 6.45) is 3.27. The zero-order chi connectivity index (χ0) is 13.0. The summed E-state index contributed by atoms with van der Waals surface area (Å²) in [4.78, 5) is 3.99. The second-order valence-electron chi connectivity index (χ2n) is 3.74. The normalized spacial score (nSPS) is 10.4. The first kappa shape index (κ1) is 13.0. The van der Waals surface area contributed by atoms with Gasteiger partial charge in [-0.05, 0) is 45.3 Å². The molecule has 0 aliphatic rings. The first-order valence-electron chi connectivity index (χ1n) is 5.40. The van der Waals surface area contributed by atoms with Crippen molar-refractivity contribution in [3.8, 4) is 5.75 Å². The molecule has 2 rings (SSSR count). The molecule has 0 unspecified atom stereocenters. The molecule has 0 saturated heterocycles. The van der Waals surface area contributed by atoms with E-state index in [0.29, 0.717) is 12.3 Å². The molecule has 0 aliphatic heterocycles. The van der Waals surface area contributed by atoms with Crippen LogP contribution < -0.4 is 10.5 Å². The Morgan fingerprint density at radius 1 is 1.22 bits per heavy atom. The van der Waals surface area contributed by atoms with E-state index in [-0.39, 0.29) is 12.4 Å². The molecule has 1 heterocycles. The summed E-state index contributed by atoms with van der Waals surface area (Å²) in [5.74, 6) is 0.328.